The van der Waals surface area contributed by atoms with E-state index in [9.17, 15) is 4.79 Å². The fourth-order valence-corrected chi connectivity index (χ4v) is 1.57. The predicted octanol–water partition coefficient (Wildman–Crippen LogP) is 0.956. The summed E-state index contributed by atoms with van der Waals surface area (Å²) in [7, 11) is 1.48. The quantitative estimate of drug-likeness (QED) is 0.843. The van der Waals surface area contributed by atoms with Gasteiger partial charge in [-0.2, -0.15) is 0 Å². The van der Waals surface area contributed by atoms with Crippen LogP contribution >= 0.6 is 0 Å². The van der Waals surface area contributed by atoms with Crippen LogP contribution in [0, 0.1) is 0 Å². The molecule has 0 bridgehead atoms. The van der Waals surface area contributed by atoms with Crippen molar-refractivity contribution in [2.75, 3.05) is 20.3 Å². The van der Waals surface area contributed by atoms with E-state index in [1.165, 1.54) is 19.4 Å². The van der Waals surface area contributed by atoms with Crippen LogP contribution in [-0.2, 0) is 4.74 Å². The van der Waals surface area contributed by atoms with Gasteiger partial charge in [0, 0.05) is 12.5 Å². The Labute approximate surface area is 98.1 Å². The van der Waals surface area contributed by atoms with E-state index in [1.807, 2.05) is 0 Å². The minimum atomic E-state index is -1.10. The minimum absolute atomic E-state index is 0.0621. The van der Waals surface area contributed by atoms with E-state index in [0.717, 1.165) is 6.42 Å². The van der Waals surface area contributed by atoms with E-state index in [4.69, 9.17) is 19.3 Å². The number of methoxy groups -OCH3 is 1. The number of carbonyl (C=O) groups is 1. The predicted molar refractivity (Wildman–Crippen MR) is 57.6 cm³/mol. The Bertz CT molecular complexity index is 414. The van der Waals surface area contributed by atoms with Crippen molar-refractivity contribution in [1.82, 2.24) is 4.98 Å². The van der Waals surface area contributed by atoms with Gasteiger partial charge in [-0.1, -0.05) is 0 Å². The number of carboxylic acid groups (broad SMARTS) is 1. The Morgan fingerprint density at radius 2 is 2.41 bits per heavy atom. The summed E-state index contributed by atoms with van der Waals surface area (Å²) in [5.41, 5.74) is -0.0697. The summed E-state index contributed by atoms with van der Waals surface area (Å²) in [6.45, 7) is 1.16. The molecule has 92 valence electrons. The topological polar surface area (TPSA) is 77.9 Å². The van der Waals surface area contributed by atoms with Crippen LogP contribution < -0.4 is 9.47 Å². The minimum Gasteiger partial charge on any atom is -0.491 e. The monoisotopic (exact) mass is 239 g/mol. The molecule has 0 aromatic carbocycles. The first kappa shape index (κ1) is 11.7. The molecule has 1 saturated heterocycles. The van der Waals surface area contributed by atoms with E-state index in [0.29, 0.717) is 24.7 Å². The van der Waals surface area contributed by atoms with Crippen molar-refractivity contribution in [3.05, 3.63) is 18.0 Å². The van der Waals surface area contributed by atoms with Crippen LogP contribution in [-0.4, -0.2) is 42.5 Å². The largest absolute Gasteiger partial charge is 0.491 e. The zero-order chi connectivity index (χ0) is 12.3. The molecular weight excluding hydrogens is 226 g/mol. The lowest BCUT2D eigenvalue weighted by Crippen LogP contribution is -2.16. The molecule has 1 aromatic heterocycles. The number of hydrogen-bond donors (Lipinski definition) is 1. The van der Waals surface area contributed by atoms with Gasteiger partial charge in [-0.25, -0.2) is 9.78 Å². The molecular formula is C11H13NO5. The third kappa shape index (κ3) is 2.65. The lowest BCUT2D eigenvalue weighted by molar-refractivity contribution is 0.0689. The Kier molecular flexibility index (Phi) is 3.43. The van der Waals surface area contributed by atoms with Gasteiger partial charge in [0.05, 0.1) is 26.5 Å². The molecule has 1 atom stereocenters. The number of ether oxygens (including phenoxy) is 3. The second kappa shape index (κ2) is 5.01. The second-order valence-corrected chi connectivity index (χ2v) is 3.63. The Morgan fingerprint density at radius 1 is 1.59 bits per heavy atom. The Balaban J connectivity index is 2.21. The molecule has 1 fully saturated rings. The smallest absolute Gasteiger partial charge is 0.354 e. The number of hydrogen-bond acceptors (Lipinski definition) is 5. The highest BCUT2D eigenvalue weighted by molar-refractivity contribution is 5.86. The molecule has 2 rings (SSSR count). The van der Waals surface area contributed by atoms with Crippen LogP contribution in [0.1, 0.15) is 16.9 Å². The summed E-state index contributed by atoms with van der Waals surface area (Å²) in [6.07, 6.45) is 2.07. The first-order valence-electron chi connectivity index (χ1n) is 5.22. The summed E-state index contributed by atoms with van der Waals surface area (Å²) in [6, 6.07) is 1.36. The van der Waals surface area contributed by atoms with Crippen LogP contribution in [0.25, 0.3) is 0 Å². The maximum Gasteiger partial charge on any atom is 0.354 e. The van der Waals surface area contributed by atoms with Crippen molar-refractivity contribution >= 4 is 5.97 Å². The van der Waals surface area contributed by atoms with Gasteiger partial charge >= 0.3 is 5.97 Å². The average molecular weight is 239 g/mol. The van der Waals surface area contributed by atoms with Crippen molar-refractivity contribution in [2.45, 2.75) is 12.5 Å². The van der Waals surface area contributed by atoms with Crippen molar-refractivity contribution < 1.29 is 24.1 Å². The molecule has 17 heavy (non-hydrogen) atoms. The molecule has 1 aliphatic rings. The van der Waals surface area contributed by atoms with Gasteiger partial charge in [0.25, 0.3) is 0 Å². The number of nitrogens with zero attached hydrogens (tertiary/aromatic N) is 1. The third-order valence-corrected chi connectivity index (χ3v) is 2.45. The number of aromatic nitrogens is 1. The SMILES string of the molecule is COc1cnc(C(=O)O)cc1OC1CCOC1. The number of aromatic carboxylic acids is 1. The van der Waals surface area contributed by atoms with E-state index >= 15 is 0 Å². The molecule has 6 nitrogen and oxygen atoms in total. The molecule has 6 heteroatoms. The standard InChI is InChI=1S/C11H13NO5/c1-15-10-5-12-8(11(13)14)4-9(10)17-7-2-3-16-6-7/h4-5,7H,2-3,6H2,1H3,(H,13,14). The van der Waals surface area contributed by atoms with Crippen LogP contribution in [0.4, 0.5) is 0 Å². The summed E-state index contributed by atoms with van der Waals surface area (Å²) >= 11 is 0. The molecule has 1 aromatic rings. The second-order valence-electron chi connectivity index (χ2n) is 3.63. The van der Waals surface area contributed by atoms with Gasteiger partial charge in [0.1, 0.15) is 6.10 Å². The summed E-state index contributed by atoms with van der Waals surface area (Å²) < 4.78 is 15.9. The number of rotatable bonds is 4. The number of pyridine rings is 1. The Morgan fingerprint density at radius 3 is 3.00 bits per heavy atom. The molecule has 1 N–H and O–H groups in total. The summed E-state index contributed by atoms with van der Waals surface area (Å²) in [4.78, 5) is 14.6. The Hall–Kier alpha value is -1.82. The van der Waals surface area contributed by atoms with Gasteiger partial charge < -0.3 is 19.3 Å². The van der Waals surface area contributed by atoms with Gasteiger partial charge in [0.2, 0.25) is 0 Å². The number of carboxylic acids is 1. The van der Waals surface area contributed by atoms with Crippen LogP contribution in [0.3, 0.4) is 0 Å². The molecule has 0 amide bonds. The van der Waals surface area contributed by atoms with E-state index in [-0.39, 0.29) is 11.8 Å². The first-order chi connectivity index (χ1) is 8.20. The lowest BCUT2D eigenvalue weighted by atomic mass is 10.3. The van der Waals surface area contributed by atoms with Gasteiger partial charge in [-0.15, -0.1) is 0 Å². The fourth-order valence-electron chi connectivity index (χ4n) is 1.57. The highest BCUT2D eigenvalue weighted by Gasteiger charge is 2.20. The fraction of sp³-hybridized carbons (Fsp3) is 0.455. The zero-order valence-corrected chi connectivity index (χ0v) is 9.38. The van der Waals surface area contributed by atoms with Crippen LogP contribution in [0.5, 0.6) is 11.5 Å². The van der Waals surface area contributed by atoms with E-state index in [2.05, 4.69) is 4.98 Å². The van der Waals surface area contributed by atoms with Crippen molar-refractivity contribution in [2.24, 2.45) is 0 Å². The molecule has 1 aliphatic heterocycles. The zero-order valence-electron chi connectivity index (χ0n) is 9.38. The molecule has 0 radical (unpaired) electrons. The van der Waals surface area contributed by atoms with Crippen molar-refractivity contribution in [3.63, 3.8) is 0 Å². The molecule has 0 aliphatic carbocycles. The van der Waals surface area contributed by atoms with Gasteiger partial charge in [-0.3, -0.25) is 0 Å². The molecule has 0 spiro atoms. The van der Waals surface area contributed by atoms with E-state index < -0.39 is 5.97 Å². The summed E-state index contributed by atoms with van der Waals surface area (Å²) in [5.74, 6) is -0.294. The summed E-state index contributed by atoms with van der Waals surface area (Å²) in [5, 5.41) is 8.85. The first-order valence-corrected chi connectivity index (χ1v) is 5.22. The lowest BCUT2D eigenvalue weighted by Gasteiger charge is -2.14. The molecule has 0 saturated carbocycles. The molecule has 1 unspecified atom stereocenters. The highest BCUT2D eigenvalue weighted by atomic mass is 16.6. The van der Waals surface area contributed by atoms with Gasteiger partial charge in [-0.05, 0) is 0 Å². The average Bonchev–Trinajstić information content (AvgIpc) is 2.81. The molecule has 2 heterocycles. The maximum atomic E-state index is 10.8. The van der Waals surface area contributed by atoms with Crippen molar-refractivity contribution in [1.29, 1.82) is 0 Å². The van der Waals surface area contributed by atoms with Crippen LogP contribution in [0.15, 0.2) is 12.3 Å². The van der Waals surface area contributed by atoms with Crippen LogP contribution in [0.2, 0.25) is 0 Å². The maximum absolute atomic E-state index is 10.8. The third-order valence-electron chi connectivity index (χ3n) is 2.45. The highest BCUT2D eigenvalue weighted by Crippen LogP contribution is 2.28. The van der Waals surface area contributed by atoms with E-state index in [1.54, 1.807) is 0 Å². The van der Waals surface area contributed by atoms with Gasteiger partial charge in [0.15, 0.2) is 17.2 Å². The normalized spacial score (nSPS) is 19.0. The van der Waals surface area contributed by atoms with Crippen molar-refractivity contribution in [3.8, 4) is 11.5 Å².